The summed E-state index contributed by atoms with van der Waals surface area (Å²) in [6.07, 6.45) is 3.84. The van der Waals surface area contributed by atoms with Crippen molar-refractivity contribution < 1.29 is 0 Å². The predicted octanol–water partition coefficient (Wildman–Crippen LogP) is 4.30. The second kappa shape index (κ2) is 8.03. The summed E-state index contributed by atoms with van der Waals surface area (Å²) in [6, 6.07) is 12.3. The van der Waals surface area contributed by atoms with Crippen molar-refractivity contribution in [3.05, 3.63) is 60.0 Å². The topological polar surface area (TPSA) is 78.6 Å². The van der Waals surface area contributed by atoms with E-state index in [0.29, 0.717) is 18.0 Å². The van der Waals surface area contributed by atoms with Gasteiger partial charge in [0.1, 0.15) is 5.69 Å². The number of hydrogen-bond acceptors (Lipinski definition) is 5. The molecule has 3 rings (SSSR count). The zero-order valence-electron chi connectivity index (χ0n) is 16.2. The van der Waals surface area contributed by atoms with Crippen LogP contribution in [0, 0.1) is 5.41 Å². The third-order valence-corrected chi connectivity index (χ3v) is 4.12. The van der Waals surface area contributed by atoms with Crippen molar-refractivity contribution in [3.8, 4) is 11.3 Å². The Balaban J connectivity index is 2.05. The average Bonchev–Trinajstić information content (AvgIpc) is 3.06. The number of rotatable bonds is 7. The van der Waals surface area contributed by atoms with Crippen LogP contribution in [0.2, 0.25) is 0 Å². The van der Waals surface area contributed by atoms with Gasteiger partial charge in [-0.25, -0.2) is 4.98 Å². The van der Waals surface area contributed by atoms with E-state index in [1.54, 1.807) is 11.6 Å². The Bertz CT molecular complexity index is 927. The van der Waals surface area contributed by atoms with Gasteiger partial charge in [-0.05, 0) is 26.8 Å². The zero-order chi connectivity index (χ0) is 19.4. The van der Waals surface area contributed by atoms with Gasteiger partial charge in [0.15, 0.2) is 0 Å². The summed E-state index contributed by atoms with van der Waals surface area (Å²) in [5.41, 5.74) is 5.86. The van der Waals surface area contributed by atoms with E-state index in [1.165, 1.54) is 0 Å². The molecule has 0 saturated heterocycles. The molecule has 0 atom stereocenters. The number of pyridine rings is 1. The molecule has 1 aromatic carbocycles. The first-order valence-electron chi connectivity index (χ1n) is 9.08. The maximum Gasteiger partial charge on any atom is 0.109 e. The molecule has 0 bridgehead atoms. The molecule has 0 amide bonds. The molecule has 0 radical (unpaired) electrons. The van der Waals surface area contributed by atoms with Gasteiger partial charge in [-0.2, -0.15) is 5.10 Å². The summed E-state index contributed by atoms with van der Waals surface area (Å²) in [5.74, 6) is 0. The van der Waals surface area contributed by atoms with E-state index in [0.717, 1.165) is 28.2 Å². The summed E-state index contributed by atoms with van der Waals surface area (Å²) < 4.78 is 1.79. The largest absolute Gasteiger partial charge is 0.379 e. The van der Waals surface area contributed by atoms with Gasteiger partial charge in [-0.1, -0.05) is 30.3 Å². The molecule has 0 unspecified atom stereocenters. The van der Waals surface area contributed by atoms with Crippen LogP contribution >= 0.6 is 0 Å². The van der Waals surface area contributed by atoms with Gasteiger partial charge in [-0.3, -0.25) is 4.68 Å². The molecule has 0 saturated carbocycles. The monoisotopic (exact) mass is 362 g/mol. The molecule has 27 heavy (non-hydrogen) atoms. The first-order chi connectivity index (χ1) is 12.9. The second-order valence-corrected chi connectivity index (χ2v) is 6.94. The van der Waals surface area contributed by atoms with Crippen LogP contribution in [-0.2, 0) is 13.6 Å². The second-order valence-electron chi connectivity index (χ2n) is 6.94. The highest BCUT2D eigenvalue weighted by Gasteiger charge is 2.16. The smallest absolute Gasteiger partial charge is 0.109 e. The van der Waals surface area contributed by atoms with E-state index < -0.39 is 0 Å². The molecule has 2 aromatic heterocycles. The van der Waals surface area contributed by atoms with Crippen LogP contribution < -0.4 is 10.6 Å². The number of nitrogens with zero attached hydrogens (tertiary/aromatic N) is 3. The lowest BCUT2D eigenvalue weighted by atomic mass is 10.1. The lowest BCUT2D eigenvalue weighted by Gasteiger charge is -2.20. The fourth-order valence-electron chi connectivity index (χ4n) is 2.91. The molecule has 3 N–H and O–H groups in total. The van der Waals surface area contributed by atoms with E-state index in [-0.39, 0.29) is 6.04 Å². The van der Waals surface area contributed by atoms with Crippen molar-refractivity contribution in [1.82, 2.24) is 14.8 Å². The number of hydrogen-bond donors (Lipinski definition) is 3. The summed E-state index contributed by atoms with van der Waals surface area (Å²) in [5, 5.41) is 19.4. The van der Waals surface area contributed by atoms with Gasteiger partial charge in [0.05, 0.1) is 29.0 Å². The standard InChI is InChI=1S/C21H26N6/c1-14(2)25-21-19(23-11-16-12-24-27(4)13-16)10-18(26-20(21)15(3)22)17-8-6-5-7-9-17/h5-10,12-14,22,25H,11H2,1-4H3,(H,23,26). The normalized spacial score (nSPS) is 10.9. The molecule has 0 fully saturated rings. The molecular formula is C21H26N6. The van der Waals surface area contributed by atoms with Crippen LogP contribution in [0.3, 0.4) is 0 Å². The number of anilines is 2. The maximum atomic E-state index is 8.23. The fourth-order valence-corrected chi connectivity index (χ4v) is 2.91. The summed E-state index contributed by atoms with van der Waals surface area (Å²) in [6.45, 7) is 6.58. The van der Waals surface area contributed by atoms with Gasteiger partial charge in [0.2, 0.25) is 0 Å². The van der Waals surface area contributed by atoms with Gasteiger partial charge < -0.3 is 16.0 Å². The Morgan fingerprint density at radius 2 is 1.96 bits per heavy atom. The first-order valence-corrected chi connectivity index (χ1v) is 9.08. The van der Waals surface area contributed by atoms with E-state index in [2.05, 4.69) is 29.6 Å². The number of aromatic nitrogens is 3. The summed E-state index contributed by atoms with van der Waals surface area (Å²) >= 11 is 0. The van der Waals surface area contributed by atoms with Gasteiger partial charge >= 0.3 is 0 Å². The fraction of sp³-hybridized carbons (Fsp3) is 0.286. The SMILES string of the molecule is CC(=N)c1nc(-c2ccccc2)cc(NCc2cnn(C)c2)c1NC(C)C. The number of nitrogens with one attached hydrogen (secondary N) is 3. The Hall–Kier alpha value is -3.15. The zero-order valence-corrected chi connectivity index (χ0v) is 16.2. The molecular weight excluding hydrogens is 336 g/mol. The molecule has 140 valence electrons. The van der Waals surface area contributed by atoms with Crippen molar-refractivity contribution in [1.29, 1.82) is 5.41 Å². The number of aryl methyl sites for hydroxylation is 1. The van der Waals surface area contributed by atoms with Crippen LogP contribution in [-0.4, -0.2) is 26.5 Å². The van der Waals surface area contributed by atoms with Crippen molar-refractivity contribution in [2.75, 3.05) is 10.6 Å². The van der Waals surface area contributed by atoms with E-state index in [1.807, 2.05) is 55.8 Å². The van der Waals surface area contributed by atoms with Crippen LogP contribution in [0.15, 0.2) is 48.8 Å². The van der Waals surface area contributed by atoms with Crippen molar-refractivity contribution in [2.24, 2.45) is 7.05 Å². The minimum atomic E-state index is 0.228. The third-order valence-electron chi connectivity index (χ3n) is 4.12. The third kappa shape index (κ3) is 4.53. The molecule has 0 aliphatic heterocycles. The molecule has 0 aliphatic rings. The lowest BCUT2D eigenvalue weighted by molar-refractivity contribution is 0.767. The molecule has 6 nitrogen and oxygen atoms in total. The van der Waals surface area contributed by atoms with E-state index >= 15 is 0 Å². The van der Waals surface area contributed by atoms with Crippen LogP contribution in [0.25, 0.3) is 11.3 Å². The molecule has 0 spiro atoms. The molecule has 6 heteroatoms. The van der Waals surface area contributed by atoms with Crippen LogP contribution in [0.4, 0.5) is 11.4 Å². The highest BCUT2D eigenvalue weighted by Crippen LogP contribution is 2.31. The number of benzene rings is 1. The van der Waals surface area contributed by atoms with Crippen molar-refractivity contribution >= 4 is 17.1 Å². The van der Waals surface area contributed by atoms with Crippen molar-refractivity contribution in [3.63, 3.8) is 0 Å². The molecule has 0 aliphatic carbocycles. The van der Waals surface area contributed by atoms with Crippen LogP contribution in [0.1, 0.15) is 32.0 Å². The Morgan fingerprint density at radius 1 is 1.22 bits per heavy atom. The lowest BCUT2D eigenvalue weighted by Crippen LogP contribution is -2.17. The minimum Gasteiger partial charge on any atom is -0.379 e. The average molecular weight is 362 g/mol. The maximum absolute atomic E-state index is 8.23. The van der Waals surface area contributed by atoms with Crippen LogP contribution in [0.5, 0.6) is 0 Å². The highest BCUT2D eigenvalue weighted by atomic mass is 15.2. The summed E-state index contributed by atoms with van der Waals surface area (Å²) in [7, 11) is 1.91. The van der Waals surface area contributed by atoms with Crippen molar-refractivity contribution in [2.45, 2.75) is 33.4 Å². The Labute approximate surface area is 160 Å². The Kier molecular flexibility index (Phi) is 5.54. The van der Waals surface area contributed by atoms with E-state index in [4.69, 9.17) is 10.4 Å². The van der Waals surface area contributed by atoms with Gasteiger partial charge in [-0.15, -0.1) is 0 Å². The van der Waals surface area contributed by atoms with Gasteiger partial charge in [0, 0.05) is 37.0 Å². The van der Waals surface area contributed by atoms with Gasteiger partial charge in [0.25, 0.3) is 0 Å². The highest BCUT2D eigenvalue weighted by molar-refractivity contribution is 6.03. The molecule has 3 aromatic rings. The molecule has 2 heterocycles. The Morgan fingerprint density at radius 3 is 2.56 bits per heavy atom. The quantitative estimate of drug-likeness (QED) is 0.548. The summed E-state index contributed by atoms with van der Waals surface area (Å²) in [4.78, 5) is 4.77. The van der Waals surface area contributed by atoms with E-state index in [9.17, 15) is 0 Å². The minimum absolute atomic E-state index is 0.228. The first kappa shape index (κ1) is 18.6. The predicted molar refractivity (Wildman–Crippen MR) is 111 cm³/mol.